The second-order valence-electron chi connectivity index (χ2n) is 7.34. The highest BCUT2D eigenvalue weighted by Gasteiger charge is 2.15. The number of amides is 2. The summed E-state index contributed by atoms with van der Waals surface area (Å²) in [7, 11) is 0. The standard InChI is InChI=1S/C20H22N6O2/c1-20(2,3)16-11-9-15(10-12-16)19(28)23-21-17(27)13-26-24-18(22-25-26)14-7-5-4-6-8-14/h4-12H,13H2,1-3H3,(H,21,27)(H,23,28). The van der Waals surface area contributed by atoms with E-state index in [9.17, 15) is 9.59 Å². The second-order valence-corrected chi connectivity index (χ2v) is 7.34. The number of carbonyl (C=O) groups excluding carboxylic acids is 2. The Morgan fingerprint density at radius 1 is 0.964 bits per heavy atom. The van der Waals surface area contributed by atoms with Crippen molar-refractivity contribution in [2.45, 2.75) is 32.7 Å². The van der Waals surface area contributed by atoms with E-state index < -0.39 is 11.8 Å². The molecule has 1 aromatic heterocycles. The summed E-state index contributed by atoms with van der Waals surface area (Å²) in [6.45, 7) is 6.14. The van der Waals surface area contributed by atoms with Crippen molar-refractivity contribution in [3.63, 3.8) is 0 Å². The molecule has 0 spiro atoms. The van der Waals surface area contributed by atoms with Crippen LogP contribution in [0.3, 0.4) is 0 Å². The molecule has 0 aliphatic heterocycles. The Morgan fingerprint density at radius 3 is 2.29 bits per heavy atom. The third-order valence-corrected chi connectivity index (χ3v) is 4.10. The third-order valence-electron chi connectivity index (χ3n) is 4.10. The Bertz CT molecular complexity index is 958. The Balaban J connectivity index is 1.53. The third kappa shape index (κ3) is 4.79. The Hall–Kier alpha value is -3.55. The van der Waals surface area contributed by atoms with Crippen molar-refractivity contribution >= 4 is 11.8 Å². The summed E-state index contributed by atoms with van der Waals surface area (Å²) in [5.41, 5.74) is 7.14. The monoisotopic (exact) mass is 378 g/mol. The maximum Gasteiger partial charge on any atom is 0.269 e. The van der Waals surface area contributed by atoms with E-state index in [2.05, 4.69) is 47.0 Å². The van der Waals surface area contributed by atoms with E-state index >= 15 is 0 Å². The molecule has 0 bridgehead atoms. The van der Waals surface area contributed by atoms with Crippen LogP contribution in [0.15, 0.2) is 54.6 Å². The molecular formula is C20H22N6O2. The van der Waals surface area contributed by atoms with Crippen LogP contribution in [-0.2, 0) is 16.8 Å². The summed E-state index contributed by atoms with van der Waals surface area (Å²) in [6, 6.07) is 16.6. The molecule has 0 aliphatic carbocycles. The maximum atomic E-state index is 12.2. The predicted molar refractivity (Wildman–Crippen MR) is 104 cm³/mol. The lowest BCUT2D eigenvalue weighted by molar-refractivity contribution is -0.122. The maximum absolute atomic E-state index is 12.2. The molecule has 8 heteroatoms. The Morgan fingerprint density at radius 2 is 1.64 bits per heavy atom. The summed E-state index contributed by atoms with van der Waals surface area (Å²) in [4.78, 5) is 25.4. The lowest BCUT2D eigenvalue weighted by atomic mass is 9.87. The highest BCUT2D eigenvalue weighted by atomic mass is 16.2. The van der Waals surface area contributed by atoms with E-state index in [-0.39, 0.29) is 12.0 Å². The van der Waals surface area contributed by atoms with Gasteiger partial charge in [0.1, 0.15) is 6.54 Å². The van der Waals surface area contributed by atoms with Gasteiger partial charge in [0, 0.05) is 11.1 Å². The fraction of sp³-hybridized carbons (Fsp3) is 0.250. The van der Waals surface area contributed by atoms with Crippen LogP contribution in [-0.4, -0.2) is 32.0 Å². The van der Waals surface area contributed by atoms with Gasteiger partial charge in [-0.05, 0) is 28.3 Å². The first-order valence-electron chi connectivity index (χ1n) is 8.86. The summed E-state index contributed by atoms with van der Waals surface area (Å²) in [5, 5.41) is 11.9. The van der Waals surface area contributed by atoms with Crippen molar-refractivity contribution in [1.29, 1.82) is 0 Å². The Kier molecular flexibility index (Phi) is 5.49. The average Bonchev–Trinajstić information content (AvgIpc) is 3.14. The summed E-state index contributed by atoms with van der Waals surface area (Å²) in [6.07, 6.45) is 0. The SMILES string of the molecule is CC(C)(C)c1ccc(C(=O)NNC(=O)Cn2nnc(-c3ccccc3)n2)cc1. The van der Waals surface area contributed by atoms with Gasteiger partial charge in [-0.3, -0.25) is 20.4 Å². The van der Waals surface area contributed by atoms with Gasteiger partial charge in [0.05, 0.1) is 0 Å². The van der Waals surface area contributed by atoms with Gasteiger partial charge in [-0.15, -0.1) is 10.2 Å². The highest BCUT2D eigenvalue weighted by molar-refractivity contribution is 5.95. The minimum absolute atomic E-state index is 0.00657. The molecule has 144 valence electrons. The average molecular weight is 378 g/mol. The van der Waals surface area contributed by atoms with Crippen LogP contribution in [0.4, 0.5) is 0 Å². The van der Waals surface area contributed by atoms with Crippen LogP contribution in [0, 0.1) is 0 Å². The second kappa shape index (κ2) is 7.99. The van der Waals surface area contributed by atoms with Crippen molar-refractivity contribution < 1.29 is 9.59 Å². The number of nitrogens with one attached hydrogen (secondary N) is 2. The fourth-order valence-electron chi connectivity index (χ4n) is 2.50. The van der Waals surface area contributed by atoms with Crippen LogP contribution >= 0.6 is 0 Å². The molecule has 0 unspecified atom stereocenters. The predicted octanol–water partition coefficient (Wildman–Crippen LogP) is 2.10. The van der Waals surface area contributed by atoms with Crippen LogP contribution in [0.1, 0.15) is 36.7 Å². The molecule has 2 aromatic carbocycles. The van der Waals surface area contributed by atoms with E-state index in [1.165, 1.54) is 4.80 Å². The van der Waals surface area contributed by atoms with Gasteiger partial charge in [-0.25, -0.2) is 0 Å². The molecule has 0 atom stereocenters. The molecule has 0 radical (unpaired) electrons. The lowest BCUT2D eigenvalue weighted by Gasteiger charge is -2.19. The minimum Gasteiger partial charge on any atom is -0.271 e. The van der Waals surface area contributed by atoms with E-state index in [0.29, 0.717) is 11.4 Å². The van der Waals surface area contributed by atoms with Crippen LogP contribution < -0.4 is 10.9 Å². The topological polar surface area (TPSA) is 102 Å². The molecular weight excluding hydrogens is 356 g/mol. The first kappa shape index (κ1) is 19.2. The quantitative estimate of drug-likeness (QED) is 0.677. The largest absolute Gasteiger partial charge is 0.271 e. The molecule has 8 nitrogen and oxygen atoms in total. The summed E-state index contributed by atoms with van der Waals surface area (Å²) >= 11 is 0. The lowest BCUT2D eigenvalue weighted by Crippen LogP contribution is -2.43. The number of aromatic nitrogens is 4. The number of carbonyl (C=O) groups is 2. The van der Waals surface area contributed by atoms with Crippen molar-refractivity contribution in [1.82, 2.24) is 31.1 Å². The Labute approximate surface area is 162 Å². The summed E-state index contributed by atoms with van der Waals surface area (Å²) in [5.74, 6) is -0.432. The van der Waals surface area contributed by atoms with Gasteiger partial charge in [0.2, 0.25) is 5.82 Å². The molecule has 1 heterocycles. The van der Waals surface area contributed by atoms with E-state index in [1.54, 1.807) is 12.1 Å². The van der Waals surface area contributed by atoms with Crippen LogP contribution in [0.25, 0.3) is 11.4 Å². The van der Waals surface area contributed by atoms with Crippen LogP contribution in [0.5, 0.6) is 0 Å². The number of nitrogens with zero attached hydrogens (tertiary/aromatic N) is 4. The van der Waals surface area contributed by atoms with E-state index in [1.807, 2.05) is 42.5 Å². The summed E-state index contributed by atoms with van der Waals surface area (Å²) < 4.78 is 0. The van der Waals surface area contributed by atoms with Gasteiger partial charge >= 0.3 is 0 Å². The molecule has 0 saturated heterocycles. The van der Waals surface area contributed by atoms with Crippen LogP contribution in [0.2, 0.25) is 0 Å². The highest BCUT2D eigenvalue weighted by Crippen LogP contribution is 2.22. The minimum atomic E-state index is -0.461. The number of hydrogen-bond acceptors (Lipinski definition) is 5. The van der Waals surface area contributed by atoms with Crippen molar-refractivity contribution in [2.24, 2.45) is 0 Å². The first-order chi connectivity index (χ1) is 13.3. The molecule has 0 saturated carbocycles. The zero-order valence-corrected chi connectivity index (χ0v) is 16.0. The molecule has 2 amide bonds. The number of benzene rings is 2. The van der Waals surface area contributed by atoms with Crippen molar-refractivity contribution in [3.8, 4) is 11.4 Å². The van der Waals surface area contributed by atoms with Gasteiger partial charge in [0.15, 0.2) is 0 Å². The number of hydrogen-bond donors (Lipinski definition) is 2. The fourth-order valence-corrected chi connectivity index (χ4v) is 2.50. The number of hydrazine groups is 1. The normalized spacial score (nSPS) is 11.1. The van der Waals surface area contributed by atoms with Gasteiger partial charge < -0.3 is 0 Å². The van der Waals surface area contributed by atoms with Gasteiger partial charge in [-0.2, -0.15) is 4.80 Å². The molecule has 2 N–H and O–H groups in total. The number of tetrazole rings is 1. The smallest absolute Gasteiger partial charge is 0.269 e. The molecule has 3 aromatic rings. The zero-order chi connectivity index (χ0) is 20.1. The van der Waals surface area contributed by atoms with E-state index in [4.69, 9.17) is 0 Å². The number of rotatable bonds is 4. The van der Waals surface area contributed by atoms with E-state index in [0.717, 1.165) is 11.1 Å². The molecule has 28 heavy (non-hydrogen) atoms. The van der Waals surface area contributed by atoms with Gasteiger partial charge in [-0.1, -0.05) is 63.2 Å². The van der Waals surface area contributed by atoms with Gasteiger partial charge in [0.25, 0.3) is 11.8 Å². The molecule has 3 rings (SSSR count). The molecule has 0 aliphatic rings. The van der Waals surface area contributed by atoms with Crippen molar-refractivity contribution in [2.75, 3.05) is 0 Å². The van der Waals surface area contributed by atoms with Crippen molar-refractivity contribution in [3.05, 3.63) is 65.7 Å². The zero-order valence-electron chi connectivity index (χ0n) is 16.0. The first-order valence-corrected chi connectivity index (χ1v) is 8.86. The molecule has 0 fully saturated rings.